The number of para-hydroxylation sites is 1. The third kappa shape index (κ3) is 6.47. The number of morpholine rings is 1. The Kier molecular flexibility index (Phi) is 8.80. The van der Waals surface area contributed by atoms with Gasteiger partial charge >= 0.3 is 0 Å². The highest BCUT2D eigenvalue weighted by molar-refractivity contribution is 6.01. The van der Waals surface area contributed by atoms with Gasteiger partial charge < -0.3 is 24.4 Å². The summed E-state index contributed by atoms with van der Waals surface area (Å²) in [6, 6.07) is 21.5. The van der Waals surface area contributed by atoms with Crippen LogP contribution in [0.3, 0.4) is 0 Å². The first-order valence-corrected chi connectivity index (χ1v) is 14.7. The number of nitrogens with one attached hydrogen (secondary N) is 1. The summed E-state index contributed by atoms with van der Waals surface area (Å²) in [5, 5.41) is 11.5. The number of hydrogen-bond acceptors (Lipinski definition) is 8. The molecule has 2 atom stereocenters. The minimum Gasteiger partial charge on any atom is -0.497 e. The van der Waals surface area contributed by atoms with Crippen molar-refractivity contribution < 1.29 is 23.8 Å². The van der Waals surface area contributed by atoms with Crippen molar-refractivity contribution in [2.75, 3.05) is 56.4 Å². The van der Waals surface area contributed by atoms with Crippen LogP contribution in [0, 0.1) is 0 Å². The van der Waals surface area contributed by atoms with Gasteiger partial charge in [0.25, 0.3) is 0 Å². The van der Waals surface area contributed by atoms with Crippen LogP contribution in [0.25, 0.3) is 11.0 Å². The lowest BCUT2D eigenvalue weighted by Crippen LogP contribution is -2.46. The van der Waals surface area contributed by atoms with Gasteiger partial charge in [-0.3, -0.25) is 14.5 Å². The number of hydrogen-bond donors (Lipinski definition) is 1. The maximum Gasteiger partial charge on any atom is 0.249 e. The molecule has 0 aliphatic carbocycles. The molecule has 1 N–H and O–H groups in total. The fourth-order valence-corrected chi connectivity index (χ4v) is 5.66. The number of carbonyl (C=O) groups excluding carboxylic acids is 2. The van der Waals surface area contributed by atoms with Crippen molar-refractivity contribution in [1.29, 1.82) is 0 Å². The minimum atomic E-state index is -0.963. The first-order chi connectivity index (χ1) is 21.1. The summed E-state index contributed by atoms with van der Waals surface area (Å²) in [5.41, 5.74) is 3.67. The highest BCUT2D eigenvalue weighted by Gasteiger charge is 2.34. The van der Waals surface area contributed by atoms with Crippen molar-refractivity contribution in [2.24, 2.45) is 0 Å². The minimum absolute atomic E-state index is 0.0456. The highest BCUT2D eigenvalue weighted by Crippen LogP contribution is 2.32. The van der Waals surface area contributed by atoms with Crippen LogP contribution in [0.5, 0.6) is 5.75 Å². The predicted octanol–water partition coefficient (Wildman–Crippen LogP) is 3.35. The first kappa shape index (κ1) is 28.6. The Morgan fingerprint density at radius 1 is 1.05 bits per heavy atom. The standard InChI is InChI=1S/C32H36N6O5/c1-41-26-7-4-6-25(20-26)38(30(39)22-37-29-10-3-2-9-28(29)34-35-37)31(32(40)33-21-27-8-5-17-43-27)23-11-13-24(14-12-23)36-15-18-42-19-16-36/h2-4,6-7,9-14,20,27,31H,5,8,15-19,21-22H2,1H3,(H,33,40)/t27-,31-/m0/s1. The van der Waals surface area contributed by atoms with Crippen molar-refractivity contribution in [3.63, 3.8) is 0 Å². The Labute approximate surface area is 250 Å². The second kappa shape index (κ2) is 13.2. The Bertz CT molecular complexity index is 1550. The van der Waals surface area contributed by atoms with Crippen LogP contribution in [-0.2, 0) is 25.6 Å². The fraction of sp³-hybridized carbons (Fsp3) is 0.375. The van der Waals surface area contributed by atoms with E-state index in [0.717, 1.165) is 37.1 Å². The SMILES string of the molecule is COc1cccc(N(C(=O)Cn2nnc3ccccc32)[C@H](C(=O)NC[C@@H]2CCCO2)c2ccc(N3CCOCC3)cc2)c1. The van der Waals surface area contributed by atoms with E-state index < -0.39 is 6.04 Å². The number of rotatable bonds is 10. The zero-order valence-electron chi connectivity index (χ0n) is 24.2. The van der Waals surface area contributed by atoms with Crippen LogP contribution in [0.15, 0.2) is 72.8 Å². The Morgan fingerprint density at radius 3 is 2.63 bits per heavy atom. The lowest BCUT2D eigenvalue weighted by molar-refractivity contribution is -0.127. The maximum atomic E-state index is 14.3. The average molecular weight is 585 g/mol. The Hall–Kier alpha value is -4.48. The van der Waals surface area contributed by atoms with Gasteiger partial charge in [0.2, 0.25) is 11.8 Å². The number of amides is 2. The molecule has 2 aliphatic heterocycles. The Balaban J connectivity index is 1.38. The third-order valence-electron chi connectivity index (χ3n) is 7.93. The number of nitrogens with zero attached hydrogens (tertiary/aromatic N) is 5. The normalized spacial score (nSPS) is 17.5. The topological polar surface area (TPSA) is 111 Å². The molecule has 3 aromatic carbocycles. The highest BCUT2D eigenvalue weighted by atomic mass is 16.5. The second-order valence-corrected chi connectivity index (χ2v) is 10.7. The first-order valence-electron chi connectivity index (χ1n) is 14.7. The zero-order valence-corrected chi connectivity index (χ0v) is 24.2. The van der Waals surface area contributed by atoms with Crippen LogP contribution in [0.2, 0.25) is 0 Å². The number of aromatic nitrogens is 3. The van der Waals surface area contributed by atoms with Crippen molar-refractivity contribution in [3.05, 3.63) is 78.4 Å². The van der Waals surface area contributed by atoms with Crippen LogP contribution >= 0.6 is 0 Å². The predicted molar refractivity (Wildman–Crippen MR) is 162 cm³/mol. The van der Waals surface area contributed by atoms with Gasteiger partial charge in [-0.25, -0.2) is 4.68 Å². The maximum absolute atomic E-state index is 14.3. The molecule has 4 aromatic rings. The summed E-state index contributed by atoms with van der Waals surface area (Å²) >= 11 is 0. The zero-order chi connectivity index (χ0) is 29.6. The quantitative estimate of drug-likeness (QED) is 0.302. The van der Waals surface area contributed by atoms with Gasteiger partial charge in [0, 0.05) is 43.7 Å². The smallest absolute Gasteiger partial charge is 0.249 e. The van der Waals surface area contributed by atoms with E-state index in [1.54, 1.807) is 23.9 Å². The monoisotopic (exact) mass is 584 g/mol. The van der Waals surface area contributed by atoms with E-state index in [2.05, 4.69) is 20.5 Å². The van der Waals surface area contributed by atoms with Gasteiger partial charge in [0.05, 0.1) is 31.9 Å². The van der Waals surface area contributed by atoms with E-state index in [0.29, 0.717) is 48.9 Å². The molecule has 3 heterocycles. The summed E-state index contributed by atoms with van der Waals surface area (Å²) in [6.07, 6.45) is 1.81. The molecule has 11 nitrogen and oxygen atoms in total. The molecule has 0 radical (unpaired) electrons. The molecule has 0 bridgehead atoms. The molecule has 2 amide bonds. The van der Waals surface area contributed by atoms with E-state index in [1.165, 1.54) is 4.90 Å². The average Bonchev–Trinajstić information content (AvgIpc) is 3.73. The van der Waals surface area contributed by atoms with Crippen LogP contribution in [0.1, 0.15) is 24.4 Å². The van der Waals surface area contributed by atoms with E-state index in [1.807, 2.05) is 60.7 Å². The Morgan fingerprint density at radius 2 is 1.86 bits per heavy atom. The van der Waals surface area contributed by atoms with Crippen LogP contribution in [-0.4, -0.2) is 79.5 Å². The van der Waals surface area contributed by atoms with Gasteiger partial charge in [-0.05, 0) is 54.8 Å². The number of ether oxygens (including phenoxy) is 3. The molecule has 6 rings (SSSR count). The number of anilines is 2. The van der Waals surface area contributed by atoms with Crippen molar-refractivity contribution >= 4 is 34.2 Å². The summed E-state index contributed by atoms with van der Waals surface area (Å²) in [4.78, 5) is 32.2. The molecule has 2 saturated heterocycles. The summed E-state index contributed by atoms with van der Waals surface area (Å²) in [7, 11) is 1.57. The number of methoxy groups -OCH3 is 1. The van der Waals surface area contributed by atoms with Crippen molar-refractivity contribution in [2.45, 2.75) is 31.5 Å². The summed E-state index contributed by atoms with van der Waals surface area (Å²) in [5.74, 6) is -0.0460. The van der Waals surface area contributed by atoms with Crippen molar-refractivity contribution in [3.8, 4) is 5.75 Å². The number of carbonyl (C=O) groups is 2. The lowest BCUT2D eigenvalue weighted by atomic mass is 10.0. The van der Waals surface area contributed by atoms with E-state index in [9.17, 15) is 9.59 Å². The van der Waals surface area contributed by atoms with Crippen LogP contribution < -0.4 is 19.9 Å². The molecule has 1 aromatic heterocycles. The molecule has 2 fully saturated rings. The molecular formula is C32H36N6O5. The van der Waals surface area contributed by atoms with E-state index in [4.69, 9.17) is 14.2 Å². The molecule has 0 spiro atoms. The molecule has 11 heteroatoms. The molecular weight excluding hydrogens is 548 g/mol. The molecule has 43 heavy (non-hydrogen) atoms. The van der Waals surface area contributed by atoms with Gasteiger partial charge in [-0.1, -0.05) is 35.5 Å². The second-order valence-electron chi connectivity index (χ2n) is 10.7. The van der Waals surface area contributed by atoms with Gasteiger partial charge in [-0.15, -0.1) is 5.10 Å². The van der Waals surface area contributed by atoms with Gasteiger partial charge in [0.15, 0.2) is 0 Å². The third-order valence-corrected chi connectivity index (χ3v) is 7.93. The molecule has 2 aliphatic rings. The van der Waals surface area contributed by atoms with Crippen molar-refractivity contribution in [1.82, 2.24) is 20.3 Å². The number of fused-ring (bicyclic) bond motifs is 1. The van der Waals surface area contributed by atoms with Gasteiger partial charge in [-0.2, -0.15) is 0 Å². The van der Waals surface area contributed by atoms with Crippen LogP contribution in [0.4, 0.5) is 11.4 Å². The summed E-state index contributed by atoms with van der Waals surface area (Å²) in [6.45, 7) is 3.88. The molecule has 0 unspecified atom stereocenters. The number of benzene rings is 3. The van der Waals surface area contributed by atoms with E-state index in [-0.39, 0.29) is 24.5 Å². The largest absolute Gasteiger partial charge is 0.497 e. The van der Waals surface area contributed by atoms with E-state index >= 15 is 0 Å². The van der Waals surface area contributed by atoms with Gasteiger partial charge in [0.1, 0.15) is 23.9 Å². The summed E-state index contributed by atoms with van der Waals surface area (Å²) < 4.78 is 18.3. The molecule has 224 valence electrons. The molecule has 0 saturated carbocycles. The lowest BCUT2D eigenvalue weighted by Gasteiger charge is -2.33. The fourth-order valence-electron chi connectivity index (χ4n) is 5.66.